The maximum Gasteiger partial charge on any atom is 1.00 e. The predicted octanol–water partition coefficient (Wildman–Crippen LogP) is 12.4. The third kappa shape index (κ3) is 22.7. The number of imide groups is 1. The fourth-order valence-corrected chi connectivity index (χ4v) is 19.0. The summed E-state index contributed by atoms with van der Waals surface area (Å²) in [4.78, 5) is 125. The third-order valence-electron chi connectivity index (χ3n) is 23.4. The zero-order valence-electron chi connectivity index (χ0n) is 65.4. The Bertz CT molecular complexity index is 3500. The SMILES string of the molecule is C.C.CC(C)(C)CC(=O)[C@H]1CC[C@H]2[C@@H]3CC[C@H]4N(C(=O)OCc5ccc(NC(=O)[C@@H](N)CC(=O)OC(C)(C)C)cc5)C(=O)C=C[C@]4(C)[C@H]3CC[C@]12C.CC(C)(C)CC(=O)[C@H]1CC[C@H]2[C@@H]3CC[C@H]4NC(=O)C=C[C@]4(C)[C@H]3CC[C@]12C.CC(C)(C)OC(=O)C[C@H](N)C(=O)Nc1ccc(COC(=O)Cl)cc1.[B].[H-].[Na+]. The number of halogens is 1. The van der Waals surface area contributed by atoms with Crippen molar-refractivity contribution in [2.75, 3.05) is 10.6 Å². The van der Waals surface area contributed by atoms with Gasteiger partial charge in [-0.25, -0.2) is 14.5 Å². The molecular weight excluding hydrogens is 1360 g/mol. The number of fused-ring (bicyclic) bond motifs is 10. The van der Waals surface area contributed by atoms with E-state index >= 15 is 0 Å². The fourth-order valence-electron chi connectivity index (χ4n) is 18.9. The molecule has 20 nitrogen and oxygen atoms in total. The summed E-state index contributed by atoms with van der Waals surface area (Å²) >= 11 is 5.07. The van der Waals surface area contributed by atoms with Crippen LogP contribution in [0.15, 0.2) is 72.8 Å². The molecule has 0 aromatic heterocycles. The number of nitrogens with two attached hydrogens (primary N) is 2. The van der Waals surface area contributed by atoms with Crippen molar-refractivity contribution in [2.45, 2.75) is 277 Å². The van der Waals surface area contributed by atoms with E-state index in [0.29, 0.717) is 94.9 Å². The van der Waals surface area contributed by atoms with Gasteiger partial charge in [0.1, 0.15) is 36.0 Å². The maximum absolute atomic E-state index is 13.6. The molecule has 6 fully saturated rings. The molecule has 16 atom stereocenters. The third-order valence-corrected chi connectivity index (χ3v) is 23.5. The van der Waals surface area contributed by atoms with E-state index in [1.807, 2.05) is 6.08 Å². The second-order valence-corrected chi connectivity index (χ2v) is 35.9. The number of carbonyl (C=O) groups is 10. The first-order chi connectivity index (χ1) is 46.8. The number of esters is 2. The molecule has 2 aromatic rings. The van der Waals surface area contributed by atoms with Crippen LogP contribution in [0.2, 0.25) is 0 Å². The van der Waals surface area contributed by atoms with Crippen LogP contribution >= 0.6 is 11.6 Å². The average molecular weight is 1490 g/mol. The number of amides is 5. The van der Waals surface area contributed by atoms with Crippen molar-refractivity contribution in [3.05, 3.63) is 84.0 Å². The van der Waals surface area contributed by atoms with Gasteiger partial charge in [0.05, 0.1) is 31.0 Å². The van der Waals surface area contributed by atoms with Gasteiger partial charge in [-0.3, -0.25) is 38.4 Å². The van der Waals surface area contributed by atoms with Crippen LogP contribution in [0.4, 0.5) is 21.0 Å². The Morgan fingerprint density at radius 2 is 0.962 bits per heavy atom. The zero-order valence-corrected chi connectivity index (χ0v) is 67.1. The summed E-state index contributed by atoms with van der Waals surface area (Å²) in [6, 6.07) is 11.2. The number of nitrogens with zero attached hydrogens (tertiary/aromatic N) is 1. The van der Waals surface area contributed by atoms with Gasteiger partial charge >= 0.3 is 53.0 Å². The number of Topliss-reactive ketones (excluding diaryl/α,β-unsaturated/α-hetero) is 2. The van der Waals surface area contributed by atoms with Crippen molar-refractivity contribution >= 4 is 90.0 Å². The zero-order chi connectivity index (χ0) is 74.8. The van der Waals surface area contributed by atoms with Crippen molar-refractivity contribution in [3.8, 4) is 0 Å². The van der Waals surface area contributed by atoms with Crippen LogP contribution in [-0.4, -0.2) is 107 Å². The molecule has 6 aliphatic carbocycles. The first kappa shape index (κ1) is 91.7. The molecule has 10 rings (SSSR count). The maximum atomic E-state index is 13.6. The molecule has 23 heteroatoms. The number of carbonyl (C=O) groups excluding carboxylic acids is 10. The van der Waals surface area contributed by atoms with Gasteiger partial charge in [-0.05, 0) is 217 Å². The number of ether oxygens (including phenoxy) is 4. The number of benzene rings is 2. The van der Waals surface area contributed by atoms with E-state index in [1.54, 1.807) is 102 Å². The quantitative estimate of drug-likeness (QED) is 0.0451. The minimum Gasteiger partial charge on any atom is -1.00 e. The molecule has 6 saturated carbocycles. The summed E-state index contributed by atoms with van der Waals surface area (Å²) in [5.74, 6) is 2.15. The summed E-state index contributed by atoms with van der Waals surface area (Å²) in [6.07, 6.45) is 20.4. The van der Waals surface area contributed by atoms with Gasteiger partial charge in [0.25, 0.3) is 5.91 Å². The average Bonchev–Trinajstić information content (AvgIpc) is 1.32. The monoisotopic (exact) mass is 1490 g/mol. The molecule has 7 N–H and O–H groups in total. The molecule has 2 heterocycles. The van der Waals surface area contributed by atoms with Gasteiger partial charge in [0, 0.05) is 79.0 Å². The van der Waals surface area contributed by atoms with E-state index in [2.05, 4.69) is 96.0 Å². The Morgan fingerprint density at radius 1 is 0.562 bits per heavy atom. The van der Waals surface area contributed by atoms with Crippen LogP contribution in [0.25, 0.3) is 0 Å². The number of rotatable bonds is 16. The van der Waals surface area contributed by atoms with Crippen LogP contribution in [-0.2, 0) is 70.5 Å². The van der Waals surface area contributed by atoms with Gasteiger partial charge in [-0.1, -0.05) is 121 Å². The van der Waals surface area contributed by atoms with Crippen LogP contribution in [0, 0.1) is 79.8 Å². The molecule has 2 aromatic carbocycles. The van der Waals surface area contributed by atoms with E-state index in [9.17, 15) is 47.9 Å². The second kappa shape index (κ2) is 36.2. The van der Waals surface area contributed by atoms with E-state index < -0.39 is 58.6 Å². The Hall–Kier alpha value is -5.71. The van der Waals surface area contributed by atoms with E-state index in [4.69, 9.17) is 37.3 Å². The van der Waals surface area contributed by atoms with Crippen molar-refractivity contribution in [1.82, 2.24) is 10.2 Å². The van der Waals surface area contributed by atoms with Crippen molar-refractivity contribution in [3.63, 3.8) is 0 Å². The predicted molar refractivity (Wildman–Crippen MR) is 408 cm³/mol. The molecule has 0 saturated heterocycles. The number of nitrogens with one attached hydrogen (secondary N) is 3. The summed E-state index contributed by atoms with van der Waals surface area (Å²) in [5.41, 5.74) is 11.8. The molecule has 0 bridgehead atoms. The summed E-state index contributed by atoms with van der Waals surface area (Å²) in [7, 11) is 0. The molecule has 8 aliphatic rings. The fraction of sp³-hybridized carbons (Fsp3) is 0.683. The molecule has 577 valence electrons. The van der Waals surface area contributed by atoms with E-state index in [-0.39, 0.29) is 142 Å². The molecule has 0 unspecified atom stereocenters. The molecule has 105 heavy (non-hydrogen) atoms. The normalized spacial score (nSPS) is 29.5. The van der Waals surface area contributed by atoms with Gasteiger partial charge in [0.15, 0.2) is 0 Å². The topological polar surface area (TPSA) is 299 Å². The Morgan fingerprint density at radius 3 is 1.37 bits per heavy atom. The van der Waals surface area contributed by atoms with Gasteiger partial charge < -0.3 is 47.8 Å². The van der Waals surface area contributed by atoms with Crippen LogP contribution < -0.4 is 57.0 Å². The Kier molecular flexibility index (Phi) is 31.6. The first-order valence-electron chi connectivity index (χ1n) is 36.6. The van der Waals surface area contributed by atoms with Crippen LogP contribution in [0.3, 0.4) is 0 Å². The van der Waals surface area contributed by atoms with E-state index in [0.717, 1.165) is 44.9 Å². The minimum absolute atomic E-state index is 0. The Balaban J connectivity index is 0.000000442. The van der Waals surface area contributed by atoms with Gasteiger partial charge in [0.2, 0.25) is 17.7 Å². The molecule has 0 spiro atoms. The first-order valence-corrected chi connectivity index (χ1v) is 37.0. The smallest absolute Gasteiger partial charge is 1.00 e. The minimum atomic E-state index is -1.07. The summed E-state index contributed by atoms with van der Waals surface area (Å²) < 4.78 is 20.7. The van der Waals surface area contributed by atoms with E-state index in [1.165, 1.54) is 30.6 Å². The molecular formula is C82H124BClN6NaO14. The van der Waals surface area contributed by atoms with Crippen molar-refractivity contribution in [1.29, 1.82) is 0 Å². The summed E-state index contributed by atoms with van der Waals surface area (Å²) in [5, 5.41) is 8.52. The number of hydrogen-bond acceptors (Lipinski definition) is 16. The summed E-state index contributed by atoms with van der Waals surface area (Å²) in [6.45, 7) is 32.7. The van der Waals surface area contributed by atoms with Crippen molar-refractivity contribution < 1.29 is 97.9 Å². The van der Waals surface area contributed by atoms with Gasteiger partial charge in [-0.15, -0.1) is 0 Å². The largest absolute Gasteiger partial charge is 1.00 e. The standard InChI is InChI=1S/C40H57N3O7.C24H37NO2.C16H21ClN2O5.2CH4.B.Na.H/c1-37(2,3)22-31(44)29-15-14-27-26-13-16-32-40(8,28(26)17-19-39(27,29)7)20-18-33(45)43(32)36(48)49-23-24-9-11-25(12-10-24)42-35(47)30(41)21-34(46)50-38(4,5)6;1-22(2,3)14-19(26)18-8-7-16-15-6-9-20-24(5,13-11-21(27)25-20)17(15)10-12-23(16,18)4;1-16(2,3)24-13(20)8-12(18)14(21)19-11-6-4-10(5-7-11)9-23-15(17)22;;;;;/h9-12,18,20,26-30,32H,13-17,19,21-23,41H2,1-8H3,(H,42,47);11,13,15-18,20H,6-10,12,14H2,1-5H3,(H,25,27);4-7,12H,8-9,18H2,1-3H3,(H,19,21);2*1H4;;;/q;;;;;;+1;-1/t26-,27-,28-,29+,30-,32+,39-,40+;15-,16-,17-,18+,20+,23-,24+;12-;;;;;/m000...../s1. The Labute approximate surface area is 656 Å². The molecule has 3 radical (unpaired) electrons. The van der Waals surface area contributed by atoms with Crippen LogP contribution in [0.5, 0.6) is 0 Å². The molecule has 5 amide bonds. The van der Waals surface area contributed by atoms with Gasteiger partial charge in [-0.2, -0.15) is 0 Å². The molecule has 2 aliphatic heterocycles. The second-order valence-electron chi connectivity index (χ2n) is 35.6. The number of anilines is 2. The number of ketones is 2. The van der Waals surface area contributed by atoms with Crippen molar-refractivity contribution in [2.24, 2.45) is 91.3 Å². The number of hydrogen-bond donors (Lipinski definition) is 5. The van der Waals surface area contributed by atoms with Crippen LogP contribution in [0.1, 0.15) is 241 Å².